The molecule has 1 aliphatic rings. The minimum Gasteiger partial charge on any atom is -0.508 e. The molecule has 1 heterocycles. The monoisotopic (exact) mass is 324 g/mol. The molecule has 0 spiro atoms. The van der Waals surface area contributed by atoms with E-state index in [-0.39, 0.29) is 11.5 Å². The number of fused-ring (bicyclic) bond motifs is 2. The van der Waals surface area contributed by atoms with E-state index in [0.717, 1.165) is 9.79 Å². The molecule has 3 aromatic carbocycles. The maximum atomic E-state index is 9.87. The van der Waals surface area contributed by atoms with Crippen molar-refractivity contribution in [1.82, 2.24) is 0 Å². The second-order valence-corrected chi connectivity index (χ2v) is 6.04. The zero-order valence-corrected chi connectivity index (χ0v) is 12.7. The molecule has 1 aliphatic heterocycles. The summed E-state index contributed by atoms with van der Waals surface area (Å²) >= 11 is 1.50. The summed E-state index contributed by atoms with van der Waals surface area (Å²) in [5, 5.41) is 19.4. The Morgan fingerprint density at radius 3 is 2.52 bits per heavy atom. The van der Waals surface area contributed by atoms with Gasteiger partial charge in [-0.3, -0.25) is 0 Å². The number of phenols is 2. The van der Waals surface area contributed by atoms with E-state index in [2.05, 4.69) is 0 Å². The molecule has 0 aliphatic carbocycles. The second kappa shape index (κ2) is 5.44. The summed E-state index contributed by atoms with van der Waals surface area (Å²) in [5.41, 5.74) is 0. The molecular weight excluding hydrogens is 312 g/mol. The van der Waals surface area contributed by atoms with E-state index in [1.54, 1.807) is 42.5 Å². The Labute approximate surface area is 136 Å². The number of benzene rings is 3. The highest BCUT2D eigenvalue weighted by atomic mass is 32.2. The molecule has 0 atom stereocenters. The van der Waals surface area contributed by atoms with Gasteiger partial charge < -0.3 is 19.7 Å². The van der Waals surface area contributed by atoms with Crippen molar-refractivity contribution >= 4 is 11.8 Å². The molecule has 23 heavy (non-hydrogen) atoms. The molecule has 0 saturated heterocycles. The van der Waals surface area contributed by atoms with Crippen LogP contribution in [-0.4, -0.2) is 10.2 Å². The van der Waals surface area contributed by atoms with Crippen LogP contribution in [-0.2, 0) is 0 Å². The fourth-order valence-electron chi connectivity index (χ4n) is 2.31. The highest BCUT2D eigenvalue weighted by Crippen LogP contribution is 2.52. The van der Waals surface area contributed by atoms with Gasteiger partial charge in [-0.25, -0.2) is 0 Å². The Morgan fingerprint density at radius 1 is 0.826 bits per heavy atom. The van der Waals surface area contributed by atoms with Crippen molar-refractivity contribution < 1.29 is 19.7 Å². The molecule has 0 saturated carbocycles. The standard InChI is InChI=1S/C18H12O4S/c19-11-8-9-17-16(10-11)22-15-7-3-6-14(18(15)23-17)21-13-5-2-1-4-12(13)20/h1-10,19-20H. The van der Waals surface area contributed by atoms with Crippen molar-refractivity contribution in [2.24, 2.45) is 0 Å². The molecule has 0 unspecified atom stereocenters. The molecule has 4 rings (SSSR count). The minimum absolute atomic E-state index is 0.0807. The van der Waals surface area contributed by atoms with E-state index >= 15 is 0 Å². The number of phenolic OH excluding ortho intramolecular Hbond substituents is 2. The number of para-hydroxylation sites is 2. The van der Waals surface area contributed by atoms with Crippen LogP contribution >= 0.6 is 11.8 Å². The highest BCUT2D eigenvalue weighted by molar-refractivity contribution is 7.99. The van der Waals surface area contributed by atoms with E-state index in [4.69, 9.17) is 9.47 Å². The van der Waals surface area contributed by atoms with Gasteiger partial charge in [0.1, 0.15) is 23.0 Å². The normalized spacial score (nSPS) is 12.0. The van der Waals surface area contributed by atoms with E-state index < -0.39 is 0 Å². The zero-order chi connectivity index (χ0) is 15.8. The molecule has 0 aromatic heterocycles. The molecule has 3 aromatic rings. The Morgan fingerprint density at radius 2 is 1.65 bits per heavy atom. The number of aromatic hydroxyl groups is 2. The Kier molecular flexibility index (Phi) is 3.28. The summed E-state index contributed by atoms with van der Waals surface area (Å²) in [7, 11) is 0. The fraction of sp³-hybridized carbons (Fsp3) is 0. The van der Waals surface area contributed by atoms with Gasteiger partial charge in [0.2, 0.25) is 0 Å². The zero-order valence-electron chi connectivity index (χ0n) is 11.9. The first-order valence-corrected chi connectivity index (χ1v) is 7.80. The quantitative estimate of drug-likeness (QED) is 0.534. The molecule has 114 valence electrons. The average molecular weight is 324 g/mol. The maximum Gasteiger partial charge on any atom is 0.169 e. The maximum absolute atomic E-state index is 9.87. The summed E-state index contributed by atoms with van der Waals surface area (Å²) in [6.45, 7) is 0. The summed E-state index contributed by atoms with van der Waals surface area (Å²) in [4.78, 5) is 1.72. The van der Waals surface area contributed by atoms with Gasteiger partial charge in [-0.15, -0.1) is 0 Å². The van der Waals surface area contributed by atoms with Crippen molar-refractivity contribution in [3.8, 4) is 34.5 Å². The van der Waals surface area contributed by atoms with E-state index in [0.29, 0.717) is 23.0 Å². The molecule has 4 nitrogen and oxygen atoms in total. The minimum atomic E-state index is 0.0807. The van der Waals surface area contributed by atoms with Crippen molar-refractivity contribution in [3.63, 3.8) is 0 Å². The first-order chi connectivity index (χ1) is 11.2. The van der Waals surface area contributed by atoms with Gasteiger partial charge >= 0.3 is 0 Å². The van der Waals surface area contributed by atoms with Crippen LogP contribution in [0.25, 0.3) is 0 Å². The predicted molar refractivity (Wildman–Crippen MR) is 86.9 cm³/mol. The number of ether oxygens (including phenoxy) is 2. The van der Waals surface area contributed by atoms with Crippen LogP contribution in [0.2, 0.25) is 0 Å². The molecule has 0 radical (unpaired) electrons. The van der Waals surface area contributed by atoms with Gasteiger partial charge in [-0.2, -0.15) is 0 Å². The van der Waals surface area contributed by atoms with Crippen LogP contribution < -0.4 is 9.47 Å². The van der Waals surface area contributed by atoms with Crippen LogP contribution in [0, 0.1) is 0 Å². The number of hydrogen-bond acceptors (Lipinski definition) is 5. The average Bonchev–Trinajstić information content (AvgIpc) is 2.55. The van der Waals surface area contributed by atoms with E-state index in [1.165, 1.54) is 11.8 Å². The molecule has 5 heteroatoms. The van der Waals surface area contributed by atoms with Gasteiger partial charge in [0.25, 0.3) is 0 Å². The third-order valence-electron chi connectivity index (χ3n) is 3.39. The van der Waals surface area contributed by atoms with Gasteiger partial charge in [0.15, 0.2) is 11.5 Å². The lowest BCUT2D eigenvalue weighted by molar-refractivity contribution is 0.396. The predicted octanol–water partition coefficient (Wildman–Crippen LogP) is 5.15. The Balaban J connectivity index is 1.73. The number of hydrogen-bond donors (Lipinski definition) is 2. The van der Waals surface area contributed by atoms with E-state index in [9.17, 15) is 10.2 Å². The van der Waals surface area contributed by atoms with Crippen LogP contribution in [0.4, 0.5) is 0 Å². The lowest BCUT2D eigenvalue weighted by Gasteiger charge is -2.21. The van der Waals surface area contributed by atoms with Crippen molar-refractivity contribution in [2.45, 2.75) is 9.79 Å². The third kappa shape index (κ3) is 2.55. The highest BCUT2D eigenvalue weighted by Gasteiger charge is 2.22. The third-order valence-corrected chi connectivity index (χ3v) is 4.55. The van der Waals surface area contributed by atoms with Gasteiger partial charge in [0, 0.05) is 6.07 Å². The first-order valence-electron chi connectivity index (χ1n) is 6.98. The van der Waals surface area contributed by atoms with Crippen molar-refractivity contribution in [2.75, 3.05) is 0 Å². The van der Waals surface area contributed by atoms with Crippen LogP contribution in [0.1, 0.15) is 0 Å². The summed E-state index contributed by atoms with van der Waals surface area (Å²) < 4.78 is 11.7. The number of rotatable bonds is 2. The van der Waals surface area contributed by atoms with Gasteiger partial charge in [0.05, 0.1) is 9.79 Å². The molecule has 2 N–H and O–H groups in total. The molecular formula is C18H12O4S. The van der Waals surface area contributed by atoms with Gasteiger partial charge in [-0.1, -0.05) is 30.0 Å². The first kappa shape index (κ1) is 13.8. The van der Waals surface area contributed by atoms with Crippen LogP contribution in [0.3, 0.4) is 0 Å². The summed E-state index contributed by atoms with van der Waals surface area (Å²) in [6.07, 6.45) is 0. The smallest absolute Gasteiger partial charge is 0.169 e. The van der Waals surface area contributed by atoms with Crippen LogP contribution in [0.15, 0.2) is 70.5 Å². The fourth-order valence-corrected chi connectivity index (χ4v) is 3.29. The SMILES string of the molecule is Oc1ccc2c(c1)Oc1cccc(Oc3ccccc3O)c1S2. The second-order valence-electron chi connectivity index (χ2n) is 4.99. The molecule has 0 bridgehead atoms. The molecule has 0 amide bonds. The van der Waals surface area contributed by atoms with Crippen molar-refractivity contribution in [1.29, 1.82) is 0 Å². The Hall–Kier alpha value is -2.79. The summed E-state index contributed by atoms with van der Waals surface area (Å²) in [5.74, 6) is 2.50. The van der Waals surface area contributed by atoms with Gasteiger partial charge in [-0.05, 0) is 36.4 Å². The largest absolute Gasteiger partial charge is 0.508 e. The van der Waals surface area contributed by atoms with Crippen LogP contribution in [0.5, 0.6) is 34.5 Å². The lowest BCUT2D eigenvalue weighted by Crippen LogP contribution is -1.97. The summed E-state index contributed by atoms with van der Waals surface area (Å²) in [6, 6.07) is 17.3. The Bertz CT molecular complexity index is 892. The lowest BCUT2D eigenvalue weighted by atomic mass is 10.3. The van der Waals surface area contributed by atoms with E-state index in [1.807, 2.05) is 18.2 Å². The van der Waals surface area contributed by atoms with Crippen molar-refractivity contribution in [3.05, 3.63) is 60.7 Å². The molecule has 0 fully saturated rings. The topological polar surface area (TPSA) is 58.9 Å².